The Balaban J connectivity index is 1.42. The molecule has 2 aliphatic heterocycles. The summed E-state index contributed by atoms with van der Waals surface area (Å²) in [5.74, 6) is 0.464. The van der Waals surface area contributed by atoms with Crippen LogP contribution in [0.15, 0.2) is 43.4 Å². The Kier molecular flexibility index (Phi) is 4.28. The molecule has 5 atom stereocenters. The molecule has 3 unspecified atom stereocenters. The number of nitrogens with zero attached hydrogens (tertiary/aromatic N) is 4. The van der Waals surface area contributed by atoms with Crippen LogP contribution in [0.5, 0.6) is 5.75 Å². The first-order valence-electron chi connectivity index (χ1n) is 9.87. The van der Waals surface area contributed by atoms with Crippen molar-refractivity contribution < 1.29 is 9.50 Å². The number of allylic oxidation sites excluding steroid dienone is 1. The van der Waals surface area contributed by atoms with Crippen LogP contribution in [0.3, 0.4) is 0 Å². The van der Waals surface area contributed by atoms with E-state index in [0.29, 0.717) is 41.0 Å². The molecule has 0 saturated carbocycles. The van der Waals surface area contributed by atoms with E-state index < -0.39 is 6.17 Å². The Hall–Kier alpha value is -2.93. The molecule has 3 aromatic rings. The van der Waals surface area contributed by atoms with Gasteiger partial charge in [0, 0.05) is 41.3 Å². The van der Waals surface area contributed by atoms with Crippen molar-refractivity contribution in [2.75, 3.05) is 0 Å². The number of pyridine rings is 1. The molecule has 0 spiro atoms. The minimum Gasteiger partial charge on any atom is -0.507 e. The number of aromatic nitrogens is 4. The minimum atomic E-state index is -1.00. The van der Waals surface area contributed by atoms with Crippen LogP contribution in [0.1, 0.15) is 25.6 Å². The Morgan fingerprint density at radius 1 is 1.21 bits per heavy atom. The highest BCUT2D eigenvalue weighted by atomic mass is 19.1. The summed E-state index contributed by atoms with van der Waals surface area (Å²) < 4.78 is 15.0. The quantitative estimate of drug-likeness (QED) is 0.711. The highest BCUT2D eigenvalue weighted by molar-refractivity contribution is 5.89. The molecule has 0 aliphatic carbocycles. The Morgan fingerprint density at radius 3 is 2.86 bits per heavy atom. The van der Waals surface area contributed by atoms with Gasteiger partial charge < -0.3 is 10.4 Å². The van der Waals surface area contributed by atoms with E-state index in [4.69, 9.17) is 0 Å². The second kappa shape index (κ2) is 6.84. The fourth-order valence-electron chi connectivity index (χ4n) is 4.73. The minimum absolute atomic E-state index is 0.0842. The fraction of sp³-hybridized carbons (Fsp3) is 0.364. The maximum atomic E-state index is 15.0. The number of hydrogen-bond donors (Lipinski definition) is 2. The molecule has 2 bridgehead atoms. The lowest BCUT2D eigenvalue weighted by Gasteiger charge is -2.34. The number of benzene rings is 1. The van der Waals surface area contributed by atoms with Crippen molar-refractivity contribution in [1.82, 2.24) is 25.5 Å². The van der Waals surface area contributed by atoms with Gasteiger partial charge in [0.2, 0.25) is 0 Å². The van der Waals surface area contributed by atoms with Crippen molar-refractivity contribution >= 4 is 16.3 Å². The van der Waals surface area contributed by atoms with Crippen molar-refractivity contribution in [3.63, 3.8) is 0 Å². The van der Waals surface area contributed by atoms with Gasteiger partial charge in [-0.3, -0.25) is 4.98 Å². The Bertz CT molecular complexity index is 1090. The number of piperidine rings is 1. The average molecular weight is 391 g/mol. The number of hydrogen-bond acceptors (Lipinski definition) is 6. The zero-order chi connectivity index (χ0) is 20.1. The highest BCUT2D eigenvalue weighted by Gasteiger charge is 2.47. The van der Waals surface area contributed by atoms with Crippen LogP contribution in [0, 0.1) is 11.8 Å². The second-order valence-corrected chi connectivity index (χ2v) is 8.17. The molecule has 1 aromatic carbocycles. The first-order valence-corrected chi connectivity index (χ1v) is 9.87. The van der Waals surface area contributed by atoms with Crippen LogP contribution < -0.4 is 5.32 Å². The van der Waals surface area contributed by atoms with E-state index in [-0.39, 0.29) is 17.7 Å². The standard InChI is InChI=1S/C22H22FN5O/c1-11-5-15-8-16(20(23)21(11)26-15)12(2)22-25-10-18(27-28-22)17-6-13-3-4-24-9-14(13)7-19(17)29/h3-4,6-7,9-11,15-16,20-21,26,29H,2,5,8H2,1H3/t11?,15?,16-,20-,21?/m1/s1. The van der Waals surface area contributed by atoms with Gasteiger partial charge in [0.05, 0.1) is 6.20 Å². The van der Waals surface area contributed by atoms with Crippen molar-refractivity contribution in [2.24, 2.45) is 11.8 Å². The monoisotopic (exact) mass is 391 g/mol. The molecule has 2 fully saturated rings. The Morgan fingerprint density at radius 2 is 2.07 bits per heavy atom. The van der Waals surface area contributed by atoms with Gasteiger partial charge in [0.1, 0.15) is 17.6 Å². The van der Waals surface area contributed by atoms with Gasteiger partial charge in [0.25, 0.3) is 0 Å². The summed E-state index contributed by atoms with van der Waals surface area (Å²) in [7, 11) is 0. The first kappa shape index (κ1) is 18.1. The summed E-state index contributed by atoms with van der Waals surface area (Å²) in [6, 6.07) is 5.53. The number of rotatable bonds is 3. The van der Waals surface area contributed by atoms with E-state index in [9.17, 15) is 5.11 Å². The molecule has 29 heavy (non-hydrogen) atoms. The van der Waals surface area contributed by atoms with E-state index in [1.54, 1.807) is 24.7 Å². The Labute approximate surface area is 167 Å². The molecule has 0 radical (unpaired) electrons. The number of fused-ring (bicyclic) bond motifs is 3. The molecular weight excluding hydrogens is 369 g/mol. The van der Waals surface area contributed by atoms with Crippen LogP contribution in [-0.4, -0.2) is 43.5 Å². The number of phenolic OH excluding ortho intramolecular Hbond substituents is 1. The van der Waals surface area contributed by atoms with Gasteiger partial charge in [-0.25, -0.2) is 9.37 Å². The van der Waals surface area contributed by atoms with E-state index in [1.165, 1.54) is 0 Å². The SMILES string of the molecule is C=C(c1ncc(-c2cc3ccncc3cc2O)nn1)[C@H]1CC2CC(C)C(N2)[C@@H]1F. The second-order valence-electron chi connectivity index (χ2n) is 8.17. The lowest BCUT2D eigenvalue weighted by atomic mass is 9.84. The number of phenols is 1. The van der Waals surface area contributed by atoms with Crippen LogP contribution in [0.4, 0.5) is 4.39 Å². The van der Waals surface area contributed by atoms with Crippen LogP contribution in [-0.2, 0) is 0 Å². The smallest absolute Gasteiger partial charge is 0.177 e. The number of halogens is 1. The van der Waals surface area contributed by atoms with Crippen LogP contribution >= 0.6 is 0 Å². The van der Waals surface area contributed by atoms with Crippen molar-refractivity contribution in [1.29, 1.82) is 0 Å². The largest absolute Gasteiger partial charge is 0.507 e. The number of aromatic hydroxyl groups is 1. The molecule has 2 N–H and O–H groups in total. The topological polar surface area (TPSA) is 83.8 Å². The zero-order valence-corrected chi connectivity index (χ0v) is 16.1. The summed E-state index contributed by atoms with van der Waals surface area (Å²) in [5.41, 5.74) is 1.59. The van der Waals surface area contributed by atoms with Crippen molar-refractivity contribution in [3.8, 4) is 17.0 Å². The zero-order valence-electron chi connectivity index (χ0n) is 16.1. The van der Waals surface area contributed by atoms with Crippen molar-refractivity contribution in [3.05, 3.63) is 49.2 Å². The van der Waals surface area contributed by atoms with E-state index >= 15 is 4.39 Å². The lowest BCUT2D eigenvalue weighted by Crippen LogP contribution is -2.48. The summed E-state index contributed by atoms with van der Waals surface area (Å²) in [4.78, 5) is 8.45. The normalized spacial score (nSPS) is 28.6. The number of alkyl halides is 1. The number of nitrogens with one attached hydrogen (secondary N) is 1. The van der Waals surface area contributed by atoms with Gasteiger partial charge in [0.15, 0.2) is 5.82 Å². The predicted octanol–water partition coefficient (Wildman–Crippen LogP) is 3.53. The summed E-state index contributed by atoms with van der Waals surface area (Å²) in [6.45, 7) is 6.18. The van der Waals surface area contributed by atoms with Gasteiger partial charge in [-0.15, -0.1) is 10.2 Å². The van der Waals surface area contributed by atoms with Crippen molar-refractivity contribution in [2.45, 2.75) is 38.0 Å². The fourth-order valence-corrected chi connectivity index (χ4v) is 4.73. The first-order chi connectivity index (χ1) is 14.0. The lowest BCUT2D eigenvalue weighted by molar-refractivity contribution is 0.154. The third-order valence-corrected chi connectivity index (χ3v) is 6.29. The van der Waals surface area contributed by atoms with E-state index in [1.807, 2.05) is 12.1 Å². The predicted molar refractivity (Wildman–Crippen MR) is 109 cm³/mol. The molecule has 2 aromatic heterocycles. The van der Waals surface area contributed by atoms with Gasteiger partial charge in [-0.2, -0.15) is 0 Å². The summed E-state index contributed by atoms with van der Waals surface area (Å²) in [5, 5.41) is 24.0. The third-order valence-electron chi connectivity index (χ3n) is 6.29. The molecule has 2 saturated heterocycles. The molecule has 2 aliphatic rings. The van der Waals surface area contributed by atoms with Gasteiger partial charge in [-0.1, -0.05) is 13.5 Å². The van der Waals surface area contributed by atoms with Gasteiger partial charge >= 0.3 is 0 Å². The molecule has 0 amide bonds. The molecule has 6 nitrogen and oxygen atoms in total. The molecule has 148 valence electrons. The third kappa shape index (κ3) is 3.06. The van der Waals surface area contributed by atoms with Crippen LogP contribution in [0.2, 0.25) is 0 Å². The molecular formula is C22H22FN5O. The molecule has 5 rings (SSSR count). The van der Waals surface area contributed by atoms with E-state index in [0.717, 1.165) is 17.2 Å². The maximum Gasteiger partial charge on any atom is 0.177 e. The highest BCUT2D eigenvalue weighted by Crippen LogP contribution is 2.41. The molecule has 4 heterocycles. The van der Waals surface area contributed by atoms with E-state index in [2.05, 4.69) is 39.0 Å². The van der Waals surface area contributed by atoms with Gasteiger partial charge in [-0.05, 0) is 47.9 Å². The average Bonchev–Trinajstić information content (AvgIpc) is 3.05. The van der Waals surface area contributed by atoms with Crippen LogP contribution in [0.25, 0.3) is 27.6 Å². The summed E-state index contributed by atoms with van der Waals surface area (Å²) >= 11 is 0. The maximum absolute atomic E-state index is 15.0. The summed E-state index contributed by atoms with van der Waals surface area (Å²) in [6.07, 6.45) is 5.63. The molecule has 7 heteroatoms.